The van der Waals surface area contributed by atoms with Crippen molar-refractivity contribution in [3.8, 4) is 0 Å². The fraction of sp³-hybridized carbons (Fsp3) is 0.818. The van der Waals surface area contributed by atoms with E-state index in [9.17, 15) is 13.8 Å². The molecule has 0 aromatic heterocycles. The number of hydrogen-bond acceptors (Lipinski definition) is 5. The van der Waals surface area contributed by atoms with Gasteiger partial charge in [0.15, 0.2) is 0 Å². The molecule has 4 atom stereocenters. The molecule has 0 saturated carbocycles. The third-order valence-electron chi connectivity index (χ3n) is 3.46. The molecule has 0 radical (unpaired) electrons. The van der Waals surface area contributed by atoms with E-state index in [1.54, 1.807) is 7.05 Å². The molecule has 21 heavy (non-hydrogen) atoms. The first-order chi connectivity index (χ1) is 10.1. The first kappa shape index (κ1) is 17.1. The fourth-order valence-corrected chi connectivity index (χ4v) is 5.51. The molecule has 0 aromatic carbocycles. The minimum atomic E-state index is -2.02. The lowest BCUT2D eigenvalue weighted by molar-refractivity contribution is -0.119. The highest BCUT2D eigenvalue weighted by atomic mass is 32.7. The van der Waals surface area contributed by atoms with Crippen molar-refractivity contribution in [2.24, 2.45) is 0 Å². The Balaban J connectivity index is 1.58. The molecule has 0 aliphatic carbocycles. The Hall–Kier alpha value is -0.240. The van der Waals surface area contributed by atoms with E-state index in [4.69, 9.17) is 0 Å². The van der Waals surface area contributed by atoms with Gasteiger partial charge in [0.1, 0.15) is 0 Å². The number of amides is 3. The van der Waals surface area contributed by atoms with Crippen molar-refractivity contribution in [3.05, 3.63) is 0 Å². The summed E-state index contributed by atoms with van der Waals surface area (Å²) in [4.78, 5) is 22.8. The summed E-state index contributed by atoms with van der Waals surface area (Å²) < 4.78 is 15.8. The zero-order chi connectivity index (χ0) is 15.2. The molecule has 10 heteroatoms. The molecule has 2 heterocycles. The summed E-state index contributed by atoms with van der Waals surface area (Å²) in [6, 6.07) is 0.375. The van der Waals surface area contributed by atoms with Gasteiger partial charge in [-0.2, -0.15) is 16.0 Å². The minimum absolute atomic E-state index is 0.0759. The molecular weight excluding hydrogens is 334 g/mol. The fourth-order valence-electron chi connectivity index (χ4n) is 2.53. The van der Waals surface area contributed by atoms with Gasteiger partial charge in [0.25, 0.3) is 7.58 Å². The van der Waals surface area contributed by atoms with Crippen LogP contribution in [0.5, 0.6) is 0 Å². The van der Waals surface area contributed by atoms with E-state index >= 15 is 0 Å². The van der Waals surface area contributed by atoms with Gasteiger partial charge in [-0.05, 0) is 19.9 Å². The molecule has 6 nitrogen and oxygen atoms in total. The molecule has 3 amide bonds. The second-order valence-corrected chi connectivity index (χ2v) is 9.03. The number of hydrogen-bond donors (Lipinski definition) is 4. The van der Waals surface area contributed by atoms with E-state index in [-0.39, 0.29) is 24.0 Å². The van der Waals surface area contributed by atoms with Gasteiger partial charge >= 0.3 is 6.03 Å². The molecule has 0 bridgehead atoms. The molecule has 2 saturated heterocycles. The lowest BCUT2D eigenvalue weighted by Gasteiger charge is -2.16. The molecule has 4 N–H and O–H groups in total. The lowest BCUT2D eigenvalue weighted by Crippen LogP contribution is -2.36. The standard InChI is InChI=1S/C11H20FN4O2PS2/c1-13-21-19(12)16-9(17)5-3-2-4-8-10-7(6-20-8)14-11(18)15-10/h7-8,10,13H,2-6H2,1H3,(H,16,17)(H2,14,15,18). The summed E-state index contributed by atoms with van der Waals surface area (Å²) in [7, 11) is -0.396. The van der Waals surface area contributed by atoms with E-state index in [2.05, 4.69) is 20.4 Å². The predicted molar refractivity (Wildman–Crippen MR) is 86.8 cm³/mol. The van der Waals surface area contributed by atoms with Gasteiger partial charge < -0.3 is 10.6 Å². The van der Waals surface area contributed by atoms with Gasteiger partial charge in [-0.25, -0.2) is 4.79 Å². The van der Waals surface area contributed by atoms with Crippen molar-refractivity contribution >= 4 is 42.9 Å². The van der Waals surface area contributed by atoms with E-state index in [0.29, 0.717) is 11.7 Å². The number of unbranched alkanes of at least 4 members (excludes halogenated alkanes) is 1. The second-order valence-electron chi connectivity index (χ2n) is 4.94. The summed E-state index contributed by atoms with van der Waals surface area (Å²) in [5.41, 5.74) is 0. The van der Waals surface area contributed by atoms with Gasteiger partial charge in [0.05, 0.1) is 12.1 Å². The first-order valence-electron chi connectivity index (χ1n) is 6.88. The van der Waals surface area contributed by atoms with Crippen molar-refractivity contribution in [2.45, 2.75) is 43.0 Å². The molecule has 2 rings (SSSR count). The van der Waals surface area contributed by atoms with Crippen molar-refractivity contribution in [2.75, 3.05) is 12.8 Å². The molecule has 2 aliphatic heterocycles. The number of carbonyl (C=O) groups is 2. The SMILES string of the molecule is CNSP(F)NC(=O)CCCCC1SCC2NC(=O)NC21. The maximum Gasteiger partial charge on any atom is 0.315 e. The Morgan fingerprint density at radius 1 is 1.52 bits per heavy atom. The van der Waals surface area contributed by atoms with E-state index in [0.717, 1.165) is 36.6 Å². The minimum Gasteiger partial charge on any atom is -0.332 e. The van der Waals surface area contributed by atoms with E-state index in [1.165, 1.54) is 0 Å². The van der Waals surface area contributed by atoms with Crippen molar-refractivity contribution in [1.82, 2.24) is 20.4 Å². The summed E-state index contributed by atoms with van der Waals surface area (Å²) in [6.07, 6.45) is 2.97. The number of nitrogens with one attached hydrogen (secondary N) is 4. The highest BCUT2D eigenvalue weighted by Gasteiger charge is 2.42. The van der Waals surface area contributed by atoms with Gasteiger partial charge in [-0.15, -0.1) is 0 Å². The Morgan fingerprint density at radius 3 is 3.10 bits per heavy atom. The van der Waals surface area contributed by atoms with E-state index < -0.39 is 7.58 Å². The molecule has 2 aliphatic rings. The van der Waals surface area contributed by atoms with Crippen LogP contribution in [-0.2, 0) is 4.79 Å². The zero-order valence-corrected chi connectivity index (χ0v) is 14.3. The number of thioether (sulfide) groups is 1. The Morgan fingerprint density at radius 2 is 2.33 bits per heavy atom. The molecule has 4 unspecified atom stereocenters. The maximum atomic E-state index is 13.2. The highest BCUT2D eigenvalue weighted by Crippen LogP contribution is 2.44. The topological polar surface area (TPSA) is 82.3 Å². The monoisotopic (exact) mass is 354 g/mol. The van der Waals surface area contributed by atoms with Crippen LogP contribution in [0, 0.1) is 0 Å². The van der Waals surface area contributed by atoms with Crippen LogP contribution in [0.3, 0.4) is 0 Å². The largest absolute Gasteiger partial charge is 0.332 e. The number of fused-ring (bicyclic) bond motifs is 1. The van der Waals surface area contributed by atoms with Crippen molar-refractivity contribution in [3.63, 3.8) is 0 Å². The summed E-state index contributed by atoms with van der Waals surface area (Å²) in [6.45, 7) is 0. The summed E-state index contributed by atoms with van der Waals surface area (Å²) >= 11 is 2.76. The normalized spacial score (nSPS) is 28.7. The van der Waals surface area contributed by atoms with Gasteiger partial charge in [-0.3, -0.25) is 14.6 Å². The Kier molecular flexibility index (Phi) is 6.85. The van der Waals surface area contributed by atoms with Gasteiger partial charge in [-0.1, -0.05) is 6.42 Å². The number of carbonyl (C=O) groups excluding carboxylic acids is 2. The summed E-state index contributed by atoms with van der Waals surface area (Å²) in [5.74, 6) is 0.709. The molecule has 120 valence electrons. The maximum absolute atomic E-state index is 13.2. The van der Waals surface area contributed by atoms with E-state index in [1.807, 2.05) is 11.8 Å². The average molecular weight is 354 g/mol. The third-order valence-corrected chi connectivity index (χ3v) is 7.04. The zero-order valence-electron chi connectivity index (χ0n) is 11.7. The van der Waals surface area contributed by atoms with Crippen LogP contribution in [0.2, 0.25) is 0 Å². The van der Waals surface area contributed by atoms with Crippen LogP contribution >= 0.6 is 30.9 Å². The highest BCUT2D eigenvalue weighted by molar-refractivity contribution is 8.52. The number of halogens is 1. The van der Waals surface area contributed by atoms with Gasteiger partial charge in [0.2, 0.25) is 5.91 Å². The quantitative estimate of drug-likeness (QED) is 0.232. The second kappa shape index (κ2) is 8.41. The van der Waals surface area contributed by atoms with Crippen LogP contribution in [0.1, 0.15) is 25.7 Å². The lowest BCUT2D eigenvalue weighted by atomic mass is 10.0. The van der Waals surface area contributed by atoms with Crippen LogP contribution in [0.4, 0.5) is 8.99 Å². The number of rotatable bonds is 8. The number of urea groups is 1. The smallest absolute Gasteiger partial charge is 0.315 e. The van der Waals surface area contributed by atoms with Crippen LogP contribution < -0.4 is 20.4 Å². The average Bonchev–Trinajstić information content (AvgIpc) is 2.94. The van der Waals surface area contributed by atoms with Crippen molar-refractivity contribution in [1.29, 1.82) is 0 Å². The Bertz CT molecular complexity index is 393. The molecule has 2 fully saturated rings. The van der Waals surface area contributed by atoms with Crippen molar-refractivity contribution < 1.29 is 13.8 Å². The van der Waals surface area contributed by atoms with Crippen LogP contribution in [0.15, 0.2) is 0 Å². The molecular formula is C11H20FN4O2PS2. The Labute approximate surface area is 133 Å². The van der Waals surface area contributed by atoms with Crippen LogP contribution in [-0.4, -0.2) is 42.1 Å². The third kappa shape index (κ3) is 5.16. The van der Waals surface area contributed by atoms with Crippen LogP contribution in [0.25, 0.3) is 0 Å². The first-order valence-corrected chi connectivity index (χ1v) is 10.6. The molecule has 0 aromatic rings. The molecule has 0 spiro atoms. The predicted octanol–water partition coefficient (Wildman–Crippen LogP) is 1.89. The van der Waals surface area contributed by atoms with Gasteiger partial charge in [0, 0.05) is 29.0 Å². The summed E-state index contributed by atoms with van der Waals surface area (Å²) in [5, 5.41) is 8.61.